The molecule has 0 amide bonds. The molecule has 1 rings (SSSR count). The van der Waals surface area contributed by atoms with Crippen molar-refractivity contribution in [1.82, 2.24) is 4.57 Å². The van der Waals surface area contributed by atoms with Crippen molar-refractivity contribution in [2.75, 3.05) is 0 Å². The summed E-state index contributed by atoms with van der Waals surface area (Å²) < 4.78 is 2.19. The van der Waals surface area contributed by atoms with E-state index in [0.29, 0.717) is 16.9 Å². The Labute approximate surface area is 122 Å². The molecule has 4 nitrogen and oxygen atoms in total. The number of nitrogens with zero attached hydrogens (tertiary/aromatic N) is 1. The summed E-state index contributed by atoms with van der Waals surface area (Å²) in [6.07, 6.45) is 4.55. The third-order valence-electron chi connectivity index (χ3n) is 2.69. The Hall–Kier alpha value is -1.14. The molecule has 6 heteroatoms. The molecule has 0 bridgehead atoms. The molecule has 0 unspecified atom stereocenters. The van der Waals surface area contributed by atoms with Gasteiger partial charge in [0.15, 0.2) is 3.95 Å². The maximum atomic E-state index is 10.5. The van der Waals surface area contributed by atoms with Gasteiger partial charge in [0.1, 0.15) is 0 Å². The quantitative estimate of drug-likeness (QED) is 0.746. The number of thiazole rings is 1. The van der Waals surface area contributed by atoms with Crippen LogP contribution in [0, 0.1) is 3.95 Å². The molecule has 1 aromatic heterocycles. The number of carboxylic acid groups (broad SMARTS) is 1. The second-order valence-corrected chi connectivity index (χ2v) is 6.12. The first-order valence-corrected chi connectivity index (χ1v) is 7.49. The van der Waals surface area contributed by atoms with Gasteiger partial charge in [-0.1, -0.05) is 18.9 Å². The van der Waals surface area contributed by atoms with Crippen molar-refractivity contribution in [2.45, 2.75) is 46.1 Å². The third kappa shape index (κ3) is 4.80. The predicted molar refractivity (Wildman–Crippen MR) is 80.2 cm³/mol. The molecule has 0 aliphatic heterocycles. The van der Waals surface area contributed by atoms with E-state index in [-0.39, 0.29) is 12.3 Å². The largest absolute Gasteiger partial charge is 0.493 e. The van der Waals surface area contributed by atoms with Crippen LogP contribution in [0.25, 0.3) is 6.08 Å². The molecule has 0 aromatic carbocycles. The van der Waals surface area contributed by atoms with Gasteiger partial charge in [-0.05, 0) is 38.1 Å². The fraction of sp³-hybridized carbons (Fsp3) is 0.538. The molecule has 19 heavy (non-hydrogen) atoms. The third-order valence-corrected chi connectivity index (χ3v) is 4.07. The van der Waals surface area contributed by atoms with Crippen LogP contribution in [-0.2, 0) is 11.3 Å². The molecule has 106 valence electrons. The lowest BCUT2D eigenvalue weighted by Crippen LogP contribution is -2.01. The minimum atomic E-state index is -0.833. The van der Waals surface area contributed by atoms with Gasteiger partial charge in [-0.2, -0.15) is 0 Å². The van der Waals surface area contributed by atoms with E-state index in [1.165, 1.54) is 16.9 Å². The summed E-state index contributed by atoms with van der Waals surface area (Å²) in [6, 6.07) is 0. The van der Waals surface area contributed by atoms with Crippen LogP contribution in [0.1, 0.15) is 44.4 Å². The number of hydrogen-bond acceptors (Lipinski definition) is 4. The molecule has 0 saturated carbocycles. The SMILES string of the molecule is CCCC(C)=Cc1sc(=S)n(CCCC(=O)O)c1O. The number of hydrogen-bond donors (Lipinski definition) is 2. The standard InChI is InChI=1S/C13H19NO3S2/c1-3-5-9(2)8-10-12(17)14(13(18)19-10)7-4-6-11(15)16/h8,17H,3-7H2,1-2H3,(H,15,16). The number of aliphatic carboxylic acids is 1. The van der Waals surface area contributed by atoms with Gasteiger partial charge in [0.2, 0.25) is 5.88 Å². The Morgan fingerprint density at radius 3 is 2.74 bits per heavy atom. The minimum Gasteiger partial charge on any atom is -0.493 e. The normalized spacial score (nSPS) is 11.8. The number of allylic oxidation sites excluding steroid dienone is 1. The number of carbonyl (C=O) groups is 1. The maximum Gasteiger partial charge on any atom is 0.303 e. The van der Waals surface area contributed by atoms with Crippen LogP contribution >= 0.6 is 23.6 Å². The van der Waals surface area contributed by atoms with Crippen LogP contribution in [-0.4, -0.2) is 20.7 Å². The van der Waals surface area contributed by atoms with E-state index in [1.807, 2.05) is 13.0 Å². The first-order chi connectivity index (χ1) is 8.95. The average molecular weight is 301 g/mol. The molecule has 0 spiro atoms. The molecule has 0 aliphatic carbocycles. The Balaban J connectivity index is 2.85. The molecule has 0 atom stereocenters. The molecule has 2 N–H and O–H groups in total. The van der Waals surface area contributed by atoms with Crippen molar-refractivity contribution in [3.05, 3.63) is 14.4 Å². The number of rotatable bonds is 7. The Kier molecular flexibility index (Phi) is 6.24. The summed E-state index contributed by atoms with van der Waals surface area (Å²) in [5.74, 6) is -0.684. The zero-order valence-corrected chi connectivity index (χ0v) is 12.8. The van der Waals surface area contributed by atoms with Crippen LogP contribution in [0.5, 0.6) is 5.88 Å². The Morgan fingerprint density at radius 2 is 2.16 bits per heavy atom. The smallest absolute Gasteiger partial charge is 0.303 e. The van der Waals surface area contributed by atoms with Gasteiger partial charge in [-0.15, -0.1) is 11.3 Å². The fourth-order valence-electron chi connectivity index (χ4n) is 1.78. The van der Waals surface area contributed by atoms with Crippen molar-refractivity contribution in [2.24, 2.45) is 0 Å². The second-order valence-electron chi connectivity index (χ2n) is 4.45. The summed E-state index contributed by atoms with van der Waals surface area (Å²) in [7, 11) is 0. The molecule has 0 fully saturated rings. The second kappa shape index (κ2) is 7.45. The molecule has 0 radical (unpaired) electrons. The van der Waals surface area contributed by atoms with Crippen molar-refractivity contribution < 1.29 is 15.0 Å². The minimum absolute atomic E-state index is 0.0805. The van der Waals surface area contributed by atoms with Gasteiger partial charge >= 0.3 is 5.97 Å². The average Bonchev–Trinajstić information content (AvgIpc) is 2.56. The van der Waals surface area contributed by atoms with Crippen molar-refractivity contribution in [1.29, 1.82) is 0 Å². The Morgan fingerprint density at radius 1 is 1.47 bits per heavy atom. The summed E-state index contributed by atoms with van der Waals surface area (Å²) in [4.78, 5) is 11.2. The highest BCUT2D eigenvalue weighted by Gasteiger charge is 2.10. The number of aromatic hydroxyl groups is 1. The summed E-state index contributed by atoms with van der Waals surface area (Å²) in [5, 5.41) is 18.7. The maximum absolute atomic E-state index is 10.5. The van der Waals surface area contributed by atoms with E-state index in [1.54, 1.807) is 4.57 Å². The highest BCUT2D eigenvalue weighted by atomic mass is 32.1. The predicted octanol–water partition coefficient (Wildman–Crippen LogP) is 4.05. The van der Waals surface area contributed by atoms with E-state index in [2.05, 4.69) is 6.92 Å². The monoisotopic (exact) mass is 301 g/mol. The summed E-state index contributed by atoms with van der Waals surface area (Å²) in [6.45, 7) is 4.57. The topological polar surface area (TPSA) is 62.5 Å². The van der Waals surface area contributed by atoms with E-state index in [9.17, 15) is 9.90 Å². The number of carboxylic acids is 1. The molecular weight excluding hydrogens is 282 g/mol. The van der Waals surface area contributed by atoms with Gasteiger partial charge in [0.25, 0.3) is 0 Å². The van der Waals surface area contributed by atoms with Gasteiger partial charge < -0.3 is 10.2 Å². The zero-order valence-electron chi connectivity index (χ0n) is 11.2. The lowest BCUT2D eigenvalue weighted by molar-refractivity contribution is -0.137. The lowest BCUT2D eigenvalue weighted by Gasteiger charge is -2.03. The van der Waals surface area contributed by atoms with Crippen LogP contribution in [0.2, 0.25) is 0 Å². The molecule has 1 heterocycles. The lowest BCUT2D eigenvalue weighted by atomic mass is 10.1. The van der Waals surface area contributed by atoms with Crippen LogP contribution in [0.3, 0.4) is 0 Å². The van der Waals surface area contributed by atoms with Crippen molar-refractivity contribution in [3.63, 3.8) is 0 Å². The molecule has 0 saturated heterocycles. The van der Waals surface area contributed by atoms with E-state index in [0.717, 1.165) is 17.7 Å². The first-order valence-electron chi connectivity index (χ1n) is 6.27. The molecule has 1 aromatic rings. The van der Waals surface area contributed by atoms with E-state index >= 15 is 0 Å². The van der Waals surface area contributed by atoms with Gasteiger partial charge in [0, 0.05) is 13.0 Å². The summed E-state index contributed by atoms with van der Waals surface area (Å²) >= 11 is 6.56. The molecular formula is C13H19NO3S2. The zero-order chi connectivity index (χ0) is 14.4. The van der Waals surface area contributed by atoms with E-state index in [4.69, 9.17) is 17.3 Å². The molecule has 0 aliphatic rings. The Bertz CT molecular complexity index is 528. The fourth-order valence-corrected chi connectivity index (χ4v) is 3.17. The van der Waals surface area contributed by atoms with Crippen LogP contribution < -0.4 is 0 Å². The van der Waals surface area contributed by atoms with Gasteiger partial charge in [0.05, 0.1) is 4.88 Å². The first kappa shape index (κ1) is 15.9. The summed E-state index contributed by atoms with van der Waals surface area (Å²) in [5.41, 5.74) is 1.20. The van der Waals surface area contributed by atoms with Gasteiger partial charge in [-0.25, -0.2) is 0 Å². The van der Waals surface area contributed by atoms with Crippen LogP contribution in [0.15, 0.2) is 5.57 Å². The number of aromatic nitrogens is 1. The highest BCUT2D eigenvalue weighted by molar-refractivity contribution is 7.73. The van der Waals surface area contributed by atoms with Gasteiger partial charge in [-0.3, -0.25) is 9.36 Å². The highest BCUT2D eigenvalue weighted by Crippen LogP contribution is 2.29. The van der Waals surface area contributed by atoms with Crippen LogP contribution in [0.4, 0.5) is 0 Å². The van der Waals surface area contributed by atoms with E-state index < -0.39 is 5.97 Å². The van der Waals surface area contributed by atoms with Crippen molar-refractivity contribution in [3.8, 4) is 5.88 Å². The van der Waals surface area contributed by atoms with Crippen molar-refractivity contribution >= 4 is 35.6 Å².